The summed E-state index contributed by atoms with van der Waals surface area (Å²) >= 11 is 0. The van der Waals surface area contributed by atoms with Crippen LogP contribution in [0.1, 0.15) is 30.5 Å². The van der Waals surface area contributed by atoms with Crippen molar-refractivity contribution in [2.75, 3.05) is 31.7 Å². The highest BCUT2D eigenvalue weighted by atomic mass is 16.6. The fraction of sp³-hybridized carbons (Fsp3) is 0.667. The molecule has 114 valence electrons. The van der Waals surface area contributed by atoms with Gasteiger partial charge in [0.05, 0.1) is 20.3 Å². The molecule has 1 aromatic rings. The number of methoxy groups -OCH3 is 1. The van der Waals surface area contributed by atoms with Crippen LogP contribution in [0, 0.1) is 0 Å². The highest BCUT2D eigenvalue weighted by molar-refractivity contribution is 5.75. The number of aryl methyl sites for hydroxylation is 1. The zero-order chi connectivity index (χ0) is 14.7. The van der Waals surface area contributed by atoms with E-state index in [0.29, 0.717) is 13.2 Å². The number of hydrogen-bond donors (Lipinski definition) is 0. The maximum absolute atomic E-state index is 11.7. The van der Waals surface area contributed by atoms with E-state index in [1.165, 1.54) is 37.6 Å². The third-order valence-corrected chi connectivity index (χ3v) is 4.18. The van der Waals surface area contributed by atoms with Gasteiger partial charge in [-0.3, -0.25) is 0 Å². The Morgan fingerprint density at radius 3 is 3.05 bits per heavy atom. The average molecular weight is 291 g/mol. The SMILES string of the molecule is COC(=O)C1CN(c2ncnc3c2CCCCC3)CCO1. The van der Waals surface area contributed by atoms with Gasteiger partial charge >= 0.3 is 5.97 Å². The molecular weight excluding hydrogens is 270 g/mol. The Hall–Kier alpha value is -1.69. The van der Waals surface area contributed by atoms with Gasteiger partial charge in [-0.15, -0.1) is 0 Å². The summed E-state index contributed by atoms with van der Waals surface area (Å²) in [5.74, 6) is 0.652. The monoisotopic (exact) mass is 291 g/mol. The topological polar surface area (TPSA) is 64.5 Å². The molecule has 1 aliphatic heterocycles. The molecule has 3 rings (SSSR count). The van der Waals surface area contributed by atoms with Crippen LogP contribution in [0.5, 0.6) is 0 Å². The van der Waals surface area contributed by atoms with Gasteiger partial charge in [0.15, 0.2) is 6.10 Å². The predicted octanol–water partition coefficient (Wildman–Crippen LogP) is 1.12. The number of fused-ring (bicyclic) bond motifs is 1. The average Bonchev–Trinajstić information content (AvgIpc) is 2.79. The van der Waals surface area contributed by atoms with E-state index in [9.17, 15) is 4.79 Å². The number of esters is 1. The first-order chi connectivity index (χ1) is 10.3. The zero-order valence-electron chi connectivity index (χ0n) is 12.4. The van der Waals surface area contributed by atoms with E-state index in [0.717, 1.165) is 25.2 Å². The van der Waals surface area contributed by atoms with Gasteiger partial charge < -0.3 is 14.4 Å². The number of carbonyl (C=O) groups excluding carboxylic acids is 1. The van der Waals surface area contributed by atoms with Gasteiger partial charge in [-0.25, -0.2) is 14.8 Å². The van der Waals surface area contributed by atoms with Crippen LogP contribution in [0.25, 0.3) is 0 Å². The fourth-order valence-corrected chi connectivity index (χ4v) is 3.07. The number of anilines is 1. The van der Waals surface area contributed by atoms with Crippen LogP contribution in [0.4, 0.5) is 5.82 Å². The molecule has 1 atom stereocenters. The maximum atomic E-state index is 11.7. The highest BCUT2D eigenvalue weighted by Gasteiger charge is 2.29. The van der Waals surface area contributed by atoms with Crippen LogP contribution in [0.15, 0.2) is 6.33 Å². The summed E-state index contributed by atoms with van der Waals surface area (Å²) in [6.07, 6.45) is 6.77. The molecule has 6 heteroatoms. The lowest BCUT2D eigenvalue weighted by atomic mass is 10.1. The Kier molecular flexibility index (Phi) is 4.34. The lowest BCUT2D eigenvalue weighted by molar-refractivity contribution is -0.154. The third-order valence-electron chi connectivity index (χ3n) is 4.18. The van der Waals surface area contributed by atoms with E-state index in [2.05, 4.69) is 14.9 Å². The molecule has 1 fully saturated rings. The summed E-state index contributed by atoms with van der Waals surface area (Å²) in [4.78, 5) is 22.7. The second-order valence-corrected chi connectivity index (χ2v) is 5.51. The summed E-state index contributed by atoms with van der Waals surface area (Å²) in [6.45, 7) is 1.76. The Labute approximate surface area is 124 Å². The Morgan fingerprint density at radius 1 is 1.33 bits per heavy atom. The standard InChI is InChI=1S/C15H21N3O3/c1-20-15(19)13-9-18(7-8-21-13)14-11-5-3-2-4-6-12(11)16-10-17-14/h10,13H,2-9H2,1H3. The first-order valence-corrected chi connectivity index (χ1v) is 7.56. The van der Waals surface area contributed by atoms with Gasteiger partial charge in [0.1, 0.15) is 12.1 Å². The molecule has 0 amide bonds. The molecule has 1 unspecified atom stereocenters. The van der Waals surface area contributed by atoms with Gasteiger partial charge in [0.2, 0.25) is 0 Å². The van der Waals surface area contributed by atoms with Gasteiger partial charge in [-0.2, -0.15) is 0 Å². The van der Waals surface area contributed by atoms with E-state index in [-0.39, 0.29) is 5.97 Å². The molecule has 0 radical (unpaired) electrons. The largest absolute Gasteiger partial charge is 0.467 e. The third kappa shape index (κ3) is 3.00. The van der Waals surface area contributed by atoms with Crippen molar-refractivity contribution < 1.29 is 14.3 Å². The van der Waals surface area contributed by atoms with E-state index >= 15 is 0 Å². The number of rotatable bonds is 2. The molecule has 2 aliphatic rings. The molecular formula is C15H21N3O3. The minimum absolute atomic E-state index is 0.320. The number of nitrogens with zero attached hydrogens (tertiary/aromatic N) is 3. The predicted molar refractivity (Wildman–Crippen MR) is 77.3 cm³/mol. The summed E-state index contributed by atoms with van der Waals surface area (Å²) in [5, 5.41) is 0. The molecule has 21 heavy (non-hydrogen) atoms. The minimum atomic E-state index is -0.528. The number of aromatic nitrogens is 2. The van der Waals surface area contributed by atoms with Crippen LogP contribution in [0.2, 0.25) is 0 Å². The highest BCUT2D eigenvalue weighted by Crippen LogP contribution is 2.27. The van der Waals surface area contributed by atoms with Crippen molar-refractivity contribution in [1.29, 1.82) is 0 Å². The molecule has 0 spiro atoms. The fourth-order valence-electron chi connectivity index (χ4n) is 3.07. The number of carbonyl (C=O) groups is 1. The Morgan fingerprint density at radius 2 is 2.19 bits per heavy atom. The zero-order valence-corrected chi connectivity index (χ0v) is 12.4. The van der Waals surface area contributed by atoms with Gasteiger partial charge in [-0.05, 0) is 25.7 Å². The van der Waals surface area contributed by atoms with Crippen molar-refractivity contribution in [3.05, 3.63) is 17.6 Å². The Balaban J connectivity index is 1.84. The van der Waals surface area contributed by atoms with Crippen molar-refractivity contribution >= 4 is 11.8 Å². The molecule has 6 nitrogen and oxygen atoms in total. The summed E-state index contributed by atoms with van der Waals surface area (Å²) in [6, 6.07) is 0. The van der Waals surface area contributed by atoms with Gasteiger partial charge in [-0.1, -0.05) is 6.42 Å². The first kappa shape index (κ1) is 14.3. The normalized spacial score (nSPS) is 22.3. The van der Waals surface area contributed by atoms with E-state index in [1.54, 1.807) is 6.33 Å². The summed E-state index contributed by atoms with van der Waals surface area (Å²) in [7, 11) is 1.39. The summed E-state index contributed by atoms with van der Waals surface area (Å²) < 4.78 is 10.3. The van der Waals surface area contributed by atoms with Crippen LogP contribution in [-0.4, -0.2) is 48.8 Å². The Bertz CT molecular complexity index is 521. The lowest BCUT2D eigenvalue weighted by Gasteiger charge is -2.33. The lowest BCUT2D eigenvalue weighted by Crippen LogP contribution is -2.47. The summed E-state index contributed by atoms with van der Waals surface area (Å²) in [5.41, 5.74) is 2.42. The smallest absolute Gasteiger partial charge is 0.336 e. The molecule has 1 saturated heterocycles. The quantitative estimate of drug-likeness (QED) is 0.601. The van der Waals surface area contributed by atoms with E-state index < -0.39 is 6.10 Å². The molecule has 0 bridgehead atoms. The molecule has 2 heterocycles. The van der Waals surface area contributed by atoms with Gasteiger partial charge in [0.25, 0.3) is 0 Å². The van der Waals surface area contributed by atoms with Crippen LogP contribution in [-0.2, 0) is 27.1 Å². The van der Waals surface area contributed by atoms with Crippen molar-refractivity contribution in [3.8, 4) is 0 Å². The second-order valence-electron chi connectivity index (χ2n) is 5.51. The molecule has 0 saturated carbocycles. The maximum Gasteiger partial charge on any atom is 0.336 e. The molecule has 1 aliphatic carbocycles. The van der Waals surface area contributed by atoms with E-state index in [4.69, 9.17) is 9.47 Å². The van der Waals surface area contributed by atoms with Crippen LogP contribution < -0.4 is 4.90 Å². The van der Waals surface area contributed by atoms with Gasteiger partial charge in [0, 0.05) is 17.8 Å². The van der Waals surface area contributed by atoms with Crippen molar-refractivity contribution in [2.24, 2.45) is 0 Å². The van der Waals surface area contributed by atoms with Crippen molar-refractivity contribution in [2.45, 2.75) is 38.2 Å². The molecule has 0 aromatic carbocycles. The number of morpholine rings is 1. The molecule has 0 N–H and O–H groups in total. The van der Waals surface area contributed by atoms with Crippen LogP contribution >= 0.6 is 0 Å². The number of ether oxygens (including phenoxy) is 2. The van der Waals surface area contributed by atoms with Crippen LogP contribution in [0.3, 0.4) is 0 Å². The number of hydrogen-bond acceptors (Lipinski definition) is 6. The minimum Gasteiger partial charge on any atom is -0.467 e. The second kappa shape index (κ2) is 6.39. The first-order valence-electron chi connectivity index (χ1n) is 7.56. The molecule has 1 aromatic heterocycles. The van der Waals surface area contributed by atoms with Crippen molar-refractivity contribution in [3.63, 3.8) is 0 Å². The van der Waals surface area contributed by atoms with Crippen molar-refractivity contribution in [1.82, 2.24) is 9.97 Å². The van der Waals surface area contributed by atoms with E-state index in [1.807, 2.05) is 0 Å².